The van der Waals surface area contributed by atoms with Crippen molar-refractivity contribution in [3.63, 3.8) is 0 Å². The van der Waals surface area contributed by atoms with Crippen LogP contribution in [0.15, 0.2) is 29.1 Å². The quantitative estimate of drug-likeness (QED) is 0.696. The molecule has 1 aliphatic rings. The third-order valence-electron chi connectivity index (χ3n) is 4.11. The number of nitrogens with zero attached hydrogens (tertiary/aromatic N) is 3. The van der Waals surface area contributed by atoms with E-state index >= 15 is 0 Å². The predicted octanol–water partition coefficient (Wildman–Crippen LogP) is 4.19. The standard InChI is InChI=1S/C20H26BrN3O4/c1-19(2,3)28-18(25)24-9-14(27-20(4,5)11-24)10-26-17-7-13(21)6-16-15(17)8-22-12-23-16/h6-8,12,14H,9-11H2,1-5H3/t14-/m0/s1. The van der Waals surface area contributed by atoms with Gasteiger partial charge in [0.05, 0.1) is 29.6 Å². The summed E-state index contributed by atoms with van der Waals surface area (Å²) in [4.78, 5) is 22.6. The van der Waals surface area contributed by atoms with Crippen molar-refractivity contribution in [2.24, 2.45) is 0 Å². The number of fused-ring (bicyclic) bond motifs is 1. The molecular formula is C20H26BrN3O4. The van der Waals surface area contributed by atoms with E-state index in [4.69, 9.17) is 14.2 Å². The van der Waals surface area contributed by atoms with Crippen LogP contribution in [0.25, 0.3) is 10.9 Å². The number of halogens is 1. The van der Waals surface area contributed by atoms with Gasteiger partial charge in [-0.3, -0.25) is 0 Å². The van der Waals surface area contributed by atoms with E-state index in [-0.39, 0.29) is 12.2 Å². The van der Waals surface area contributed by atoms with Crippen LogP contribution in [0.5, 0.6) is 5.75 Å². The number of benzene rings is 1. The topological polar surface area (TPSA) is 73.8 Å². The van der Waals surface area contributed by atoms with Gasteiger partial charge in [-0.15, -0.1) is 0 Å². The molecule has 1 atom stereocenters. The van der Waals surface area contributed by atoms with Crippen LogP contribution in [0.3, 0.4) is 0 Å². The van der Waals surface area contributed by atoms with Crippen molar-refractivity contribution in [1.82, 2.24) is 14.9 Å². The fourth-order valence-corrected chi connectivity index (χ4v) is 3.59. The van der Waals surface area contributed by atoms with E-state index in [0.29, 0.717) is 25.4 Å². The molecule has 0 aliphatic carbocycles. The summed E-state index contributed by atoms with van der Waals surface area (Å²) >= 11 is 3.48. The van der Waals surface area contributed by atoms with Gasteiger partial charge in [0.2, 0.25) is 0 Å². The minimum absolute atomic E-state index is 0.282. The van der Waals surface area contributed by atoms with Gasteiger partial charge in [-0.25, -0.2) is 14.8 Å². The van der Waals surface area contributed by atoms with E-state index in [1.54, 1.807) is 11.1 Å². The van der Waals surface area contributed by atoms with Gasteiger partial charge >= 0.3 is 6.09 Å². The Morgan fingerprint density at radius 1 is 1.39 bits per heavy atom. The Kier molecular flexibility index (Phi) is 5.82. The summed E-state index contributed by atoms with van der Waals surface area (Å²) < 4.78 is 18.6. The van der Waals surface area contributed by atoms with Gasteiger partial charge in [0.15, 0.2) is 0 Å². The molecule has 0 unspecified atom stereocenters. The fourth-order valence-electron chi connectivity index (χ4n) is 3.17. The number of carbonyl (C=O) groups is 1. The second-order valence-electron chi connectivity index (χ2n) is 8.53. The van der Waals surface area contributed by atoms with Crippen molar-refractivity contribution in [3.05, 3.63) is 29.1 Å². The molecule has 0 N–H and O–H groups in total. The van der Waals surface area contributed by atoms with Crippen molar-refractivity contribution >= 4 is 32.9 Å². The molecule has 1 fully saturated rings. The Morgan fingerprint density at radius 2 is 2.14 bits per heavy atom. The van der Waals surface area contributed by atoms with Gasteiger partial charge in [0.1, 0.15) is 30.4 Å². The van der Waals surface area contributed by atoms with Gasteiger partial charge < -0.3 is 19.1 Å². The van der Waals surface area contributed by atoms with Crippen LogP contribution in [0.2, 0.25) is 0 Å². The maximum Gasteiger partial charge on any atom is 0.410 e. The summed E-state index contributed by atoms with van der Waals surface area (Å²) in [6.07, 6.45) is 2.61. The summed E-state index contributed by atoms with van der Waals surface area (Å²) in [7, 11) is 0. The van der Waals surface area contributed by atoms with Crippen LogP contribution in [-0.4, -0.2) is 58.0 Å². The lowest BCUT2D eigenvalue weighted by atomic mass is 10.1. The number of aromatic nitrogens is 2. The third kappa shape index (κ3) is 5.32. The van der Waals surface area contributed by atoms with Crippen LogP contribution in [0, 0.1) is 0 Å². The Labute approximate surface area is 173 Å². The Balaban J connectivity index is 1.72. The minimum Gasteiger partial charge on any atom is -0.490 e. The predicted molar refractivity (Wildman–Crippen MR) is 109 cm³/mol. The number of ether oxygens (including phenoxy) is 3. The van der Waals surface area contributed by atoms with E-state index in [1.807, 2.05) is 46.8 Å². The molecule has 1 amide bonds. The SMILES string of the molecule is CC(C)(C)OC(=O)N1C[C@@H](COc2cc(Br)cc3ncncc23)OC(C)(C)C1. The average Bonchev–Trinajstić information content (AvgIpc) is 2.56. The second kappa shape index (κ2) is 7.83. The van der Waals surface area contributed by atoms with E-state index in [9.17, 15) is 4.79 Å². The Morgan fingerprint density at radius 3 is 2.86 bits per heavy atom. The van der Waals surface area contributed by atoms with Crippen molar-refractivity contribution in [2.75, 3.05) is 19.7 Å². The van der Waals surface area contributed by atoms with Crippen LogP contribution >= 0.6 is 15.9 Å². The summed E-state index contributed by atoms with van der Waals surface area (Å²) in [5.74, 6) is 0.667. The Bertz CT molecular complexity index is 866. The normalized spacial score (nSPS) is 19.5. The van der Waals surface area contributed by atoms with Crippen molar-refractivity contribution in [2.45, 2.75) is 51.9 Å². The van der Waals surface area contributed by atoms with Gasteiger partial charge in [0.25, 0.3) is 0 Å². The molecule has 28 heavy (non-hydrogen) atoms. The first kappa shape index (κ1) is 20.8. The first-order valence-corrected chi connectivity index (χ1v) is 9.99. The average molecular weight is 452 g/mol. The molecule has 0 radical (unpaired) electrons. The zero-order chi connectivity index (χ0) is 20.5. The highest BCUT2D eigenvalue weighted by atomic mass is 79.9. The van der Waals surface area contributed by atoms with Crippen LogP contribution in [0.1, 0.15) is 34.6 Å². The first-order valence-electron chi connectivity index (χ1n) is 9.20. The van der Waals surface area contributed by atoms with Crippen LogP contribution in [0.4, 0.5) is 4.79 Å². The molecule has 3 rings (SSSR count). The number of hydrogen-bond donors (Lipinski definition) is 0. The van der Waals surface area contributed by atoms with Gasteiger partial charge in [0, 0.05) is 10.7 Å². The minimum atomic E-state index is -0.541. The molecule has 8 heteroatoms. The van der Waals surface area contributed by atoms with E-state index < -0.39 is 11.2 Å². The molecule has 7 nitrogen and oxygen atoms in total. The highest BCUT2D eigenvalue weighted by molar-refractivity contribution is 9.10. The highest BCUT2D eigenvalue weighted by Crippen LogP contribution is 2.29. The zero-order valence-corrected chi connectivity index (χ0v) is 18.4. The maximum absolute atomic E-state index is 12.5. The Hall–Kier alpha value is -1.93. The highest BCUT2D eigenvalue weighted by Gasteiger charge is 2.37. The van der Waals surface area contributed by atoms with Gasteiger partial charge in [-0.2, -0.15) is 0 Å². The van der Waals surface area contributed by atoms with Crippen LogP contribution < -0.4 is 4.74 Å². The summed E-state index contributed by atoms with van der Waals surface area (Å²) in [5.41, 5.74) is -0.244. The van der Waals surface area contributed by atoms with Crippen LogP contribution in [-0.2, 0) is 9.47 Å². The summed E-state index contributed by atoms with van der Waals surface area (Å²) in [5, 5.41) is 0.824. The van der Waals surface area contributed by atoms with Crippen molar-refractivity contribution in [1.29, 1.82) is 0 Å². The molecule has 1 aliphatic heterocycles. The molecule has 2 aromatic rings. The summed E-state index contributed by atoms with van der Waals surface area (Å²) in [6.45, 7) is 10.7. The largest absolute Gasteiger partial charge is 0.490 e. The van der Waals surface area contributed by atoms with Gasteiger partial charge in [-0.1, -0.05) is 15.9 Å². The smallest absolute Gasteiger partial charge is 0.410 e. The molecule has 0 saturated carbocycles. The van der Waals surface area contributed by atoms with E-state index in [2.05, 4.69) is 25.9 Å². The maximum atomic E-state index is 12.5. The molecule has 2 heterocycles. The van der Waals surface area contributed by atoms with Crippen molar-refractivity contribution < 1.29 is 19.0 Å². The molecular weight excluding hydrogens is 426 g/mol. The molecule has 152 valence electrons. The summed E-state index contributed by atoms with van der Waals surface area (Å²) in [6, 6.07) is 3.79. The number of hydrogen-bond acceptors (Lipinski definition) is 6. The number of morpholine rings is 1. The monoisotopic (exact) mass is 451 g/mol. The zero-order valence-electron chi connectivity index (χ0n) is 16.9. The first-order chi connectivity index (χ1) is 13.0. The van der Waals surface area contributed by atoms with E-state index in [0.717, 1.165) is 15.4 Å². The lowest BCUT2D eigenvalue weighted by Gasteiger charge is -2.42. The molecule has 1 saturated heterocycles. The van der Waals surface area contributed by atoms with Gasteiger partial charge in [-0.05, 0) is 46.8 Å². The molecule has 1 aromatic heterocycles. The van der Waals surface area contributed by atoms with Crippen molar-refractivity contribution in [3.8, 4) is 5.75 Å². The molecule has 0 bridgehead atoms. The fraction of sp³-hybridized carbons (Fsp3) is 0.550. The van der Waals surface area contributed by atoms with E-state index in [1.165, 1.54) is 6.33 Å². The lowest BCUT2D eigenvalue weighted by molar-refractivity contribution is -0.143. The number of rotatable bonds is 3. The molecule has 1 aromatic carbocycles. The number of amides is 1. The lowest BCUT2D eigenvalue weighted by Crippen LogP contribution is -2.56. The number of carbonyl (C=O) groups excluding carboxylic acids is 1. The third-order valence-corrected chi connectivity index (χ3v) is 4.57. The second-order valence-corrected chi connectivity index (χ2v) is 9.45. The molecule has 0 spiro atoms.